The van der Waals surface area contributed by atoms with Gasteiger partial charge in [0.15, 0.2) is 0 Å². The highest BCUT2D eigenvalue weighted by molar-refractivity contribution is 5.82. The van der Waals surface area contributed by atoms with E-state index in [2.05, 4.69) is 0 Å². The molecule has 1 aromatic carbocycles. The Balaban J connectivity index is 1.78. The van der Waals surface area contributed by atoms with Crippen LogP contribution in [0.5, 0.6) is 0 Å². The first-order valence-electron chi connectivity index (χ1n) is 10.3. The van der Waals surface area contributed by atoms with Gasteiger partial charge in [0.1, 0.15) is 5.60 Å². The third-order valence-electron chi connectivity index (χ3n) is 5.91. The molecule has 2 fully saturated rings. The third-order valence-corrected chi connectivity index (χ3v) is 5.91. The topological polar surface area (TPSA) is 49.9 Å². The highest BCUT2D eigenvalue weighted by Gasteiger charge is 2.59. The third kappa shape index (κ3) is 4.73. The Hall–Kier alpha value is -2.25. The summed E-state index contributed by atoms with van der Waals surface area (Å²) in [6, 6.07) is 9.60. The van der Waals surface area contributed by atoms with Crippen molar-refractivity contribution in [2.24, 2.45) is 0 Å². The number of carbonyl (C=O) groups is 2. The largest absolute Gasteiger partial charge is 0.471 e. The number of carbonyl (C=O) groups excluding carboxylic acids is 2. The Bertz CT molecular complexity index is 783. The Morgan fingerprint density at radius 1 is 1.10 bits per heavy atom. The summed E-state index contributed by atoms with van der Waals surface area (Å²) in [4.78, 5) is 27.3. The first-order chi connectivity index (χ1) is 13.8. The highest BCUT2D eigenvalue weighted by atomic mass is 19.4. The maximum atomic E-state index is 13.1. The van der Waals surface area contributed by atoms with Gasteiger partial charge in [0.2, 0.25) is 0 Å². The molecule has 1 saturated carbocycles. The molecule has 0 bridgehead atoms. The number of ether oxygens (including phenoxy) is 1. The average molecular weight is 426 g/mol. The van der Waals surface area contributed by atoms with Gasteiger partial charge in [-0.25, -0.2) is 4.79 Å². The van der Waals surface area contributed by atoms with Crippen LogP contribution >= 0.6 is 0 Å². The minimum atomic E-state index is -4.88. The van der Waals surface area contributed by atoms with E-state index in [9.17, 15) is 22.8 Å². The summed E-state index contributed by atoms with van der Waals surface area (Å²) in [5, 5.41) is 0. The number of rotatable bonds is 3. The lowest BCUT2D eigenvalue weighted by Gasteiger charge is -2.42. The normalized spacial score (nSPS) is 25.0. The minimum absolute atomic E-state index is 0.0333. The fourth-order valence-corrected chi connectivity index (χ4v) is 4.38. The first kappa shape index (κ1) is 22.4. The van der Waals surface area contributed by atoms with E-state index >= 15 is 0 Å². The van der Waals surface area contributed by atoms with E-state index in [0.717, 1.165) is 16.9 Å². The van der Waals surface area contributed by atoms with Crippen molar-refractivity contribution in [1.29, 1.82) is 0 Å². The van der Waals surface area contributed by atoms with E-state index in [4.69, 9.17) is 4.74 Å². The smallest absolute Gasteiger partial charge is 0.444 e. The summed E-state index contributed by atoms with van der Waals surface area (Å²) in [6.07, 6.45) is -3.99. The van der Waals surface area contributed by atoms with Gasteiger partial charge in [0.05, 0.1) is 5.54 Å². The van der Waals surface area contributed by atoms with Crippen molar-refractivity contribution >= 4 is 12.0 Å². The van der Waals surface area contributed by atoms with Crippen LogP contribution in [0.4, 0.5) is 18.0 Å². The molecule has 0 aromatic heterocycles. The lowest BCUT2D eigenvalue weighted by atomic mass is 9.98. The number of likely N-dealkylation sites (tertiary alicyclic amines) is 1. The molecule has 2 aliphatic rings. The van der Waals surface area contributed by atoms with Gasteiger partial charge in [-0.1, -0.05) is 30.3 Å². The molecule has 2 amide bonds. The lowest BCUT2D eigenvalue weighted by molar-refractivity contribution is -0.186. The molecule has 0 radical (unpaired) electrons. The summed E-state index contributed by atoms with van der Waals surface area (Å²) < 4.78 is 44.0. The molecular formula is C22H29F3N2O3. The van der Waals surface area contributed by atoms with Crippen LogP contribution in [0, 0.1) is 0 Å². The Morgan fingerprint density at radius 2 is 1.67 bits per heavy atom. The monoisotopic (exact) mass is 426 g/mol. The van der Waals surface area contributed by atoms with Gasteiger partial charge in [-0.3, -0.25) is 9.69 Å². The minimum Gasteiger partial charge on any atom is -0.444 e. The van der Waals surface area contributed by atoms with Gasteiger partial charge >= 0.3 is 18.2 Å². The molecular weight excluding hydrogens is 397 g/mol. The summed E-state index contributed by atoms with van der Waals surface area (Å²) in [7, 11) is 0. The van der Waals surface area contributed by atoms with Crippen molar-refractivity contribution in [1.82, 2.24) is 9.80 Å². The molecule has 8 heteroatoms. The zero-order valence-electron chi connectivity index (χ0n) is 17.8. The number of nitrogens with zero attached hydrogens (tertiary/aromatic N) is 2. The van der Waals surface area contributed by atoms with Gasteiger partial charge in [-0.15, -0.1) is 0 Å². The van der Waals surface area contributed by atoms with Crippen molar-refractivity contribution < 1.29 is 27.5 Å². The molecule has 166 valence electrons. The molecule has 1 aliphatic carbocycles. The standard InChI is InChI=1S/C22H29F3N2O3/c1-20(2,3)30-19(29)27(21(4)14-17(21)15-8-6-5-7-9-15)16-10-12-26(13-11-16)18(28)22(23,24)25/h5-9,16-17H,10-14H2,1-4H3/t17-,21+/m0/s1. The van der Waals surface area contributed by atoms with Crippen LogP contribution in [-0.2, 0) is 9.53 Å². The van der Waals surface area contributed by atoms with Gasteiger partial charge < -0.3 is 9.64 Å². The van der Waals surface area contributed by atoms with Crippen molar-refractivity contribution in [3.05, 3.63) is 35.9 Å². The number of hydrogen-bond donors (Lipinski definition) is 0. The predicted octanol–water partition coefficient (Wildman–Crippen LogP) is 4.72. The summed E-state index contributed by atoms with van der Waals surface area (Å²) in [5.41, 5.74) is -0.0291. The van der Waals surface area contributed by atoms with Crippen LogP contribution in [0.3, 0.4) is 0 Å². The zero-order valence-corrected chi connectivity index (χ0v) is 17.8. The summed E-state index contributed by atoms with van der Waals surface area (Å²) >= 11 is 0. The van der Waals surface area contributed by atoms with Crippen LogP contribution in [-0.4, -0.2) is 58.2 Å². The number of hydrogen-bond acceptors (Lipinski definition) is 3. The second kappa shape index (κ2) is 7.78. The molecule has 30 heavy (non-hydrogen) atoms. The van der Waals surface area contributed by atoms with E-state index < -0.39 is 29.3 Å². The second-order valence-electron chi connectivity index (χ2n) is 9.40. The van der Waals surface area contributed by atoms with Crippen LogP contribution in [0.25, 0.3) is 0 Å². The van der Waals surface area contributed by atoms with E-state index in [1.54, 1.807) is 25.7 Å². The van der Waals surface area contributed by atoms with Crippen molar-refractivity contribution in [2.75, 3.05) is 13.1 Å². The maximum Gasteiger partial charge on any atom is 0.471 e. The van der Waals surface area contributed by atoms with E-state index in [0.29, 0.717) is 0 Å². The first-order valence-corrected chi connectivity index (χ1v) is 10.3. The second-order valence-corrected chi connectivity index (χ2v) is 9.40. The maximum absolute atomic E-state index is 13.1. The fraction of sp³-hybridized carbons (Fsp3) is 0.636. The van der Waals surface area contributed by atoms with Gasteiger partial charge in [-0.2, -0.15) is 13.2 Å². The lowest BCUT2D eigenvalue weighted by Crippen LogP contribution is -2.55. The van der Waals surface area contributed by atoms with E-state index in [1.807, 2.05) is 37.3 Å². The Morgan fingerprint density at radius 3 is 2.17 bits per heavy atom. The van der Waals surface area contributed by atoms with E-state index in [-0.39, 0.29) is 37.9 Å². The van der Waals surface area contributed by atoms with Crippen molar-refractivity contribution in [3.8, 4) is 0 Å². The SMILES string of the molecule is CC(C)(C)OC(=O)N(C1CCN(C(=O)C(F)(F)F)CC1)[C@]1(C)C[C@H]1c1ccccc1. The van der Waals surface area contributed by atoms with Crippen LogP contribution in [0.15, 0.2) is 30.3 Å². The molecule has 0 unspecified atom stereocenters. The Kier molecular flexibility index (Phi) is 5.82. The molecule has 5 nitrogen and oxygen atoms in total. The Labute approximate surface area is 175 Å². The molecule has 0 N–H and O–H groups in total. The number of halogens is 3. The van der Waals surface area contributed by atoms with E-state index in [1.165, 1.54) is 0 Å². The summed E-state index contributed by atoms with van der Waals surface area (Å²) in [5.74, 6) is -1.68. The molecule has 2 atom stereocenters. The molecule has 1 aliphatic heterocycles. The number of alkyl halides is 3. The summed E-state index contributed by atoms with van der Waals surface area (Å²) in [6.45, 7) is 7.30. The van der Waals surface area contributed by atoms with Crippen molar-refractivity contribution in [3.63, 3.8) is 0 Å². The molecule has 1 aromatic rings. The van der Waals surface area contributed by atoms with Crippen LogP contribution in [0.2, 0.25) is 0 Å². The number of amides is 2. The number of benzene rings is 1. The van der Waals surface area contributed by atoms with Crippen LogP contribution < -0.4 is 0 Å². The molecule has 0 spiro atoms. The number of piperidine rings is 1. The van der Waals surface area contributed by atoms with Crippen molar-refractivity contribution in [2.45, 2.75) is 76.2 Å². The van der Waals surface area contributed by atoms with Gasteiger partial charge in [-0.05, 0) is 52.5 Å². The molecule has 1 heterocycles. The van der Waals surface area contributed by atoms with Gasteiger partial charge in [0.25, 0.3) is 0 Å². The van der Waals surface area contributed by atoms with Gasteiger partial charge in [0, 0.05) is 25.0 Å². The predicted molar refractivity (Wildman–Crippen MR) is 106 cm³/mol. The highest BCUT2D eigenvalue weighted by Crippen LogP contribution is 2.56. The molecule has 3 rings (SSSR count). The zero-order chi connectivity index (χ0) is 22.3. The molecule has 1 saturated heterocycles. The fourth-order valence-electron chi connectivity index (χ4n) is 4.38. The average Bonchev–Trinajstić information content (AvgIpc) is 3.32. The quantitative estimate of drug-likeness (QED) is 0.703. The van der Waals surface area contributed by atoms with Crippen LogP contribution in [0.1, 0.15) is 58.4 Å².